The van der Waals surface area contributed by atoms with Crippen LogP contribution in [0.1, 0.15) is 27.6 Å². The molecule has 0 bridgehead atoms. The molecule has 4 aromatic rings. The Morgan fingerprint density at radius 3 is 2.71 bits per heavy atom. The Labute approximate surface area is 199 Å². The SMILES string of the molecule is Nc1nc2c(s1)CCN(C(=O)Cc1nnc(-c3cnc(NC4Cc5ccccc5C4)nc3)o1)C2. The number of nitrogens with one attached hydrogen (secondary N) is 1. The summed E-state index contributed by atoms with van der Waals surface area (Å²) < 4.78 is 5.72. The molecule has 0 atom stereocenters. The lowest BCUT2D eigenvalue weighted by atomic mass is 10.1. The van der Waals surface area contributed by atoms with E-state index in [1.165, 1.54) is 22.5 Å². The number of thiazole rings is 1. The molecule has 0 spiro atoms. The first-order valence-corrected chi connectivity index (χ1v) is 11.9. The van der Waals surface area contributed by atoms with Crippen LogP contribution in [0.4, 0.5) is 11.1 Å². The minimum Gasteiger partial charge on any atom is -0.420 e. The van der Waals surface area contributed by atoms with Crippen LogP contribution in [0.2, 0.25) is 0 Å². The van der Waals surface area contributed by atoms with Gasteiger partial charge in [-0.25, -0.2) is 15.0 Å². The maximum absolute atomic E-state index is 12.7. The van der Waals surface area contributed by atoms with Gasteiger partial charge < -0.3 is 20.4 Å². The number of hydrogen-bond acceptors (Lipinski definition) is 10. The number of rotatable bonds is 5. The average molecular weight is 475 g/mol. The summed E-state index contributed by atoms with van der Waals surface area (Å²) in [7, 11) is 0. The van der Waals surface area contributed by atoms with Crippen LogP contribution in [0, 0.1) is 0 Å². The Kier molecular flexibility index (Phi) is 5.17. The number of fused-ring (bicyclic) bond motifs is 2. The largest absolute Gasteiger partial charge is 0.420 e. The second kappa shape index (κ2) is 8.49. The van der Waals surface area contributed by atoms with Crippen molar-refractivity contribution >= 4 is 28.3 Å². The Bertz CT molecular complexity index is 1320. The van der Waals surface area contributed by atoms with Crippen LogP contribution in [-0.4, -0.2) is 48.5 Å². The predicted octanol–water partition coefficient (Wildman–Crippen LogP) is 2.27. The molecule has 0 saturated heterocycles. The molecule has 0 fully saturated rings. The summed E-state index contributed by atoms with van der Waals surface area (Å²) in [6.07, 6.45) is 6.00. The molecule has 3 N–H and O–H groups in total. The van der Waals surface area contributed by atoms with E-state index >= 15 is 0 Å². The summed E-state index contributed by atoms with van der Waals surface area (Å²) in [4.78, 5) is 28.8. The number of nitrogen functional groups attached to an aromatic ring is 1. The maximum Gasteiger partial charge on any atom is 0.250 e. The molecule has 10 nitrogen and oxygen atoms in total. The quantitative estimate of drug-likeness (QED) is 0.446. The zero-order valence-electron chi connectivity index (χ0n) is 18.3. The van der Waals surface area contributed by atoms with Gasteiger partial charge in [0.15, 0.2) is 5.13 Å². The van der Waals surface area contributed by atoms with E-state index in [1.807, 2.05) is 0 Å². The molecule has 34 heavy (non-hydrogen) atoms. The number of carbonyl (C=O) groups is 1. The van der Waals surface area contributed by atoms with Gasteiger partial charge in [0.2, 0.25) is 17.7 Å². The molecule has 1 aliphatic carbocycles. The van der Waals surface area contributed by atoms with Gasteiger partial charge in [-0.2, -0.15) is 0 Å². The summed E-state index contributed by atoms with van der Waals surface area (Å²) in [5, 5.41) is 12.0. The number of aromatic nitrogens is 5. The van der Waals surface area contributed by atoms with Gasteiger partial charge in [-0.1, -0.05) is 24.3 Å². The molecule has 1 aromatic carbocycles. The fourth-order valence-electron chi connectivity index (χ4n) is 4.47. The molecule has 1 amide bonds. The first-order valence-electron chi connectivity index (χ1n) is 11.1. The highest BCUT2D eigenvalue weighted by Crippen LogP contribution is 2.27. The van der Waals surface area contributed by atoms with Crippen molar-refractivity contribution in [1.29, 1.82) is 0 Å². The molecular weight excluding hydrogens is 452 g/mol. The molecule has 11 heteroatoms. The number of nitrogens with zero attached hydrogens (tertiary/aromatic N) is 6. The van der Waals surface area contributed by atoms with E-state index in [4.69, 9.17) is 10.2 Å². The Balaban J connectivity index is 1.07. The van der Waals surface area contributed by atoms with Gasteiger partial charge in [-0.3, -0.25) is 4.79 Å². The lowest BCUT2D eigenvalue weighted by Gasteiger charge is -2.25. The number of amides is 1. The Morgan fingerprint density at radius 2 is 1.94 bits per heavy atom. The smallest absolute Gasteiger partial charge is 0.250 e. The van der Waals surface area contributed by atoms with Gasteiger partial charge in [0, 0.05) is 36.3 Å². The van der Waals surface area contributed by atoms with Gasteiger partial charge in [-0.05, 0) is 24.0 Å². The van der Waals surface area contributed by atoms with Crippen molar-refractivity contribution in [3.63, 3.8) is 0 Å². The third-order valence-corrected chi connectivity index (χ3v) is 7.14. The number of nitrogens with two attached hydrogens (primary N) is 1. The van der Waals surface area contributed by atoms with Crippen LogP contribution in [0.5, 0.6) is 0 Å². The molecule has 4 heterocycles. The van der Waals surface area contributed by atoms with Crippen molar-refractivity contribution in [2.45, 2.75) is 38.3 Å². The summed E-state index contributed by atoms with van der Waals surface area (Å²) in [5.74, 6) is 1.02. The van der Waals surface area contributed by atoms with Crippen LogP contribution >= 0.6 is 11.3 Å². The van der Waals surface area contributed by atoms with Crippen molar-refractivity contribution in [2.24, 2.45) is 0 Å². The highest BCUT2D eigenvalue weighted by molar-refractivity contribution is 7.15. The van der Waals surface area contributed by atoms with Gasteiger partial charge in [0.25, 0.3) is 5.89 Å². The van der Waals surface area contributed by atoms with Crippen LogP contribution in [0.3, 0.4) is 0 Å². The van der Waals surface area contributed by atoms with E-state index in [2.05, 4.69) is 54.7 Å². The fourth-order valence-corrected chi connectivity index (χ4v) is 5.30. The van der Waals surface area contributed by atoms with Gasteiger partial charge in [-0.15, -0.1) is 21.5 Å². The van der Waals surface area contributed by atoms with Crippen molar-refractivity contribution in [1.82, 2.24) is 30.0 Å². The number of anilines is 2. The van der Waals surface area contributed by atoms with Crippen LogP contribution in [0.15, 0.2) is 41.1 Å². The summed E-state index contributed by atoms with van der Waals surface area (Å²) >= 11 is 1.49. The fraction of sp³-hybridized carbons (Fsp3) is 0.304. The Morgan fingerprint density at radius 1 is 1.18 bits per heavy atom. The molecule has 172 valence electrons. The molecule has 1 aliphatic heterocycles. The molecule has 0 unspecified atom stereocenters. The second-order valence-electron chi connectivity index (χ2n) is 8.48. The van der Waals surface area contributed by atoms with Crippen molar-refractivity contribution in [3.05, 3.63) is 64.2 Å². The lowest BCUT2D eigenvalue weighted by molar-refractivity contribution is -0.131. The summed E-state index contributed by atoms with van der Waals surface area (Å²) in [6.45, 7) is 1.08. The maximum atomic E-state index is 12.7. The van der Waals surface area contributed by atoms with Gasteiger partial charge in [0.05, 0.1) is 17.8 Å². The first-order chi connectivity index (χ1) is 16.6. The van der Waals surface area contributed by atoms with Crippen molar-refractivity contribution in [3.8, 4) is 11.5 Å². The third kappa shape index (κ3) is 4.10. The van der Waals surface area contributed by atoms with E-state index < -0.39 is 0 Å². The zero-order chi connectivity index (χ0) is 23.1. The predicted molar refractivity (Wildman–Crippen MR) is 126 cm³/mol. The third-order valence-electron chi connectivity index (χ3n) is 6.15. The monoisotopic (exact) mass is 474 g/mol. The van der Waals surface area contributed by atoms with Crippen molar-refractivity contribution < 1.29 is 9.21 Å². The van der Waals surface area contributed by atoms with E-state index in [-0.39, 0.29) is 30.2 Å². The van der Waals surface area contributed by atoms with Crippen LogP contribution < -0.4 is 11.1 Å². The van der Waals surface area contributed by atoms with Gasteiger partial charge >= 0.3 is 0 Å². The van der Waals surface area contributed by atoms with E-state index in [9.17, 15) is 4.79 Å². The highest BCUT2D eigenvalue weighted by atomic mass is 32.1. The molecule has 6 rings (SSSR count). The van der Waals surface area contributed by atoms with E-state index in [1.54, 1.807) is 17.3 Å². The number of benzene rings is 1. The molecule has 0 saturated carbocycles. The van der Waals surface area contributed by atoms with Crippen LogP contribution in [-0.2, 0) is 37.0 Å². The van der Waals surface area contributed by atoms with E-state index in [0.717, 1.165) is 29.8 Å². The molecule has 0 radical (unpaired) electrons. The number of hydrogen-bond donors (Lipinski definition) is 2. The summed E-state index contributed by atoms with van der Waals surface area (Å²) in [5.41, 5.74) is 10.00. The molecule has 2 aliphatic rings. The normalized spacial score (nSPS) is 15.2. The lowest BCUT2D eigenvalue weighted by Crippen LogP contribution is -2.36. The van der Waals surface area contributed by atoms with E-state index in [0.29, 0.717) is 29.7 Å². The Hall–Kier alpha value is -3.86. The summed E-state index contributed by atoms with van der Waals surface area (Å²) in [6, 6.07) is 8.74. The minimum atomic E-state index is -0.0826. The van der Waals surface area contributed by atoms with Gasteiger partial charge in [0.1, 0.15) is 6.42 Å². The van der Waals surface area contributed by atoms with Crippen LogP contribution in [0.25, 0.3) is 11.5 Å². The molecular formula is C23H22N8O2S. The highest BCUT2D eigenvalue weighted by Gasteiger charge is 2.25. The first kappa shape index (κ1) is 20.7. The number of carbonyl (C=O) groups excluding carboxylic acids is 1. The minimum absolute atomic E-state index is 0.0324. The standard InChI is InChI=1S/C23H22N8O2S/c24-22-28-17-12-31(6-5-18(17)34-22)20(32)9-19-29-30-21(33-19)15-10-25-23(26-11-15)27-16-7-13-3-1-2-4-14(13)8-16/h1-4,10-11,16H,5-9,12H2,(H2,24,28)(H,25,26,27). The molecule has 3 aromatic heterocycles. The zero-order valence-corrected chi connectivity index (χ0v) is 19.1. The average Bonchev–Trinajstić information content (AvgIpc) is 3.56. The van der Waals surface area contributed by atoms with Crippen molar-refractivity contribution in [2.75, 3.05) is 17.6 Å². The topological polar surface area (TPSA) is 136 Å². The second-order valence-corrected chi connectivity index (χ2v) is 9.59.